The molecular weight excluding hydrogens is 695 g/mol. The second-order valence-corrected chi connectivity index (χ2v) is 18.2. The number of nitrogens with one attached hydrogen (secondary N) is 1. The van der Waals surface area contributed by atoms with E-state index in [4.69, 9.17) is 9.05 Å². The van der Waals surface area contributed by atoms with Gasteiger partial charge in [0.15, 0.2) is 0 Å². The van der Waals surface area contributed by atoms with Crippen LogP contribution < -0.4 is 10.2 Å². The molecular formula is C45H89N2O6P. The van der Waals surface area contributed by atoms with Gasteiger partial charge in [-0.2, -0.15) is 0 Å². The second-order valence-electron chi connectivity index (χ2n) is 16.8. The molecule has 0 saturated carbocycles. The molecule has 320 valence electrons. The molecule has 9 heteroatoms. The molecule has 0 aromatic carbocycles. The number of hydrogen-bond donors (Lipinski definition) is 2. The fourth-order valence-corrected chi connectivity index (χ4v) is 7.21. The number of quaternary nitrogens is 1. The van der Waals surface area contributed by atoms with Crippen LogP contribution in [0.4, 0.5) is 0 Å². The fourth-order valence-electron chi connectivity index (χ4n) is 6.49. The summed E-state index contributed by atoms with van der Waals surface area (Å²) in [5.74, 6) is -0.208. The molecule has 3 unspecified atom stereocenters. The van der Waals surface area contributed by atoms with Crippen molar-refractivity contribution < 1.29 is 32.9 Å². The third kappa shape index (κ3) is 39.2. The van der Waals surface area contributed by atoms with Crippen LogP contribution in [0.15, 0.2) is 24.3 Å². The van der Waals surface area contributed by atoms with Gasteiger partial charge in [-0.15, -0.1) is 0 Å². The van der Waals surface area contributed by atoms with Crippen LogP contribution in [0.25, 0.3) is 0 Å². The van der Waals surface area contributed by atoms with Crippen molar-refractivity contribution in [2.45, 2.75) is 219 Å². The molecule has 8 nitrogen and oxygen atoms in total. The Morgan fingerprint density at radius 3 is 1.50 bits per heavy atom. The monoisotopic (exact) mass is 785 g/mol. The molecule has 0 aromatic rings. The first kappa shape index (κ1) is 53.0. The summed E-state index contributed by atoms with van der Waals surface area (Å²) >= 11 is 0. The highest BCUT2D eigenvalue weighted by Crippen LogP contribution is 2.38. The zero-order chi connectivity index (χ0) is 40.0. The molecule has 0 fully saturated rings. The molecule has 0 heterocycles. The fraction of sp³-hybridized carbons (Fsp3) is 0.889. The van der Waals surface area contributed by atoms with Crippen molar-refractivity contribution in [2.75, 3.05) is 40.9 Å². The summed E-state index contributed by atoms with van der Waals surface area (Å²) in [4.78, 5) is 25.2. The number of likely N-dealkylation sites (N-methyl/N-ethyl adjacent to an activating group) is 1. The first-order valence-corrected chi connectivity index (χ1v) is 24.2. The summed E-state index contributed by atoms with van der Waals surface area (Å²) in [6, 6.07) is -0.886. The van der Waals surface area contributed by atoms with Gasteiger partial charge in [-0.05, 0) is 38.5 Å². The normalized spacial score (nSPS) is 14.6. The molecule has 3 atom stereocenters. The van der Waals surface area contributed by atoms with Gasteiger partial charge in [0.05, 0.1) is 39.9 Å². The molecule has 54 heavy (non-hydrogen) atoms. The quantitative estimate of drug-likeness (QED) is 0.0277. The average molecular weight is 785 g/mol. The Bertz CT molecular complexity index is 938. The van der Waals surface area contributed by atoms with Crippen molar-refractivity contribution in [3.8, 4) is 0 Å². The van der Waals surface area contributed by atoms with E-state index in [0.717, 1.165) is 57.8 Å². The lowest BCUT2D eigenvalue weighted by molar-refractivity contribution is -0.870. The molecule has 0 aliphatic rings. The lowest BCUT2D eigenvalue weighted by Crippen LogP contribution is -2.45. The Morgan fingerprint density at radius 1 is 0.630 bits per heavy atom. The van der Waals surface area contributed by atoms with E-state index in [9.17, 15) is 19.4 Å². The minimum Gasteiger partial charge on any atom is -0.756 e. The second kappa shape index (κ2) is 37.6. The van der Waals surface area contributed by atoms with Crippen LogP contribution in [-0.4, -0.2) is 68.5 Å². The van der Waals surface area contributed by atoms with Gasteiger partial charge in [0.1, 0.15) is 13.2 Å². The minimum atomic E-state index is -4.58. The molecule has 0 saturated heterocycles. The van der Waals surface area contributed by atoms with E-state index in [-0.39, 0.29) is 19.1 Å². The van der Waals surface area contributed by atoms with Crippen LogP contribution >= 0.6 is 7.82 Å². The molecule has 0 aromatic heterocycles. The Labute approximate surface area is 334 Å². The van der Waals surface area contributed by atoms with Crippen molar-refractivity contribution in [3.63, 3.8) is 0 Å². The minimum absolute atomic E-state index is 0.00164. The number of rotatable bonds is 41. The first-order valence-electron chi connectivity index (χ1n) is 22.7. The predicted octanol–water partition coefficient (Wildman–Crippen LogP) is 11.9. The van der Waals surface area contributed by atoms with Crippen LogP contribution in [0.2, 0.25) is 0 Å². The topological polar surface area (TPSA) is 108 Å². The van der Waals surface area contributed by atoms with Crippen LogP contribution in [-0.2, 0) is 18.4 Å². The van der Waals surface area contributed by atoms with Gasteiger partial charge >= 0.3 is 0 Å². The van der Waals surface area contributed by atoms with E-state index in [1.165, 1.54) is 128 Å². The SMILES string of the molecule is CCCC/C=C\CCCCCCCC(=O)NC(COP(=O)([O-])OCC[N+](C)(C)C)C(O)/C=C/CCCCCCCCCCCCCCCCCCCCC. The number of phosphoric ester groups is 1. The number of allylic oxidation sites excluding steroid dienone is 3. The van der Waals surface area contributed by atoms with E-state index >= 15 is 0 Å². The highest BCUT2D eigenvalue weighted by molar-refractivity contribution is 7.45. The summed E-state index contributed by atoms with van der Waals surface area (Å²) in [5.41, 5.74) is 0. The van der Waals surface area contributed by atoms with Crippen molar-refractivity contribution in [3.05, 3.63) is 24.3 Å². The smallest absolute Gasteiger partial charge is 0.268 e. The average Bonchev–Trinajstić information content (AvgIpc) is 3.12. The van der Waals surface area contributed by atoms with Crippen LogP contribution in [0, 0.1) is 0 Å². The standard InChI is InChI=1S/C45H89N2O6P/c1-6-8-10-12-14-16-18-19-20-21-22-23-24-25-26-27-29-30-32-34-36-38-44(48)43(42-53-54(50,51)52-41-40-47(3,4)5)46-45(49)39-37-35-33-31-28-17-15-13-11-9-7-2/h13,15,36,38,43-44,48H,6-12,14,16-35,37,39-42H2,1-5H3,(H-,46,49,50,51)/b15-13-,38-36+. The summed E-state index contributed by atoms with van der Waals surface area (Å²) < 4.78 is 23.2. The van der Waals surface area contributed by atoms with Crippen LogP contribution in [0.1, 0.15) is 206 Å². The highest BCUT2D eigenvalue weighted by Gasteiger charge is 2.23. The number of amides is 1. The molecule has 0 spiro atoms. The Kier molecular flexibility index (Phi) is 36.8. The summed E-state index contributed by atoms with van der Waals surface area (Å²) in [5, 5.41) is 13.8. The molecule has 2 N–H and O–H groups in total. The van der Waals surface area contributed by atoms with Crippen molar-refractivity contribution in [1.82, 2.24) is 5.32 Å². The largest absolute Gasteiger partial charge is 0.756 e. The van der Waals surface area contributed by atoms with Gasteiger partial charge in [0, 0.05) is 6.42 Å². The van der Waals surface area contributed by atoms with Gasteiger partial charge < -0.3 is 28.8 Å². The predicted molar refractivity (Wildman–Crippen MR) is 228 cm³/mol. The third-order valence-electron chi connectivity index (χ3n) is 10.2. The van der Waals surface area contributed by atoms with Crippen molar-refractivity contribution in [2.24, 2.45) is 0 Å². The summed E-state index contributed by atoms with van der Waals surface area (Å²) in [6.45, 7) is 4.60. The van der Waals surface area contributed by atoms with E-state index in [1.807, 2.05) is 27.2 Å². The van der Waals surface area contributed by atoms with E-state index in [2.05, 4.69) is 31.3 Å². The van der Waals surface area contributed by atoms with Gasteiger partial charge in [0.25, 0.3) is 7.82 Å². The Morgan fingerprint density at radius 2 is 1.04 bits per heavy atom. The lowest BCUT2D eigenvalue weighted by Gasteiger charge is -2.29. The van der Waals surface area contributed by atoms with E-state index < -0.39 is 20.0 Å². The molecule has 0 rings (SSSR count). The Hall–Kier alpha value is -1.02. The Balaban J connectivity index is 4.33. The summed E-state index contributed by atoms with van der Waals surface area (Å²) in [7, 11) is 1.26. The number of aliphatic hydroxyl groups excluding tert-OH is 1. The number of aliphatic hydroxyl groups is 1. The van der Waals surface area contributed by atoms with Gasteiger partial charge in [-0.25, -0.2) is 0 Å². The van der Waals surface area contributed by atoms with Crippen molar-refractivity contribution >= 4 is 13.7 Å². The van der Waals surface area contributed by atoms with Gasteiger partial charge in [0.2, 0.25) is 5.91 Å². The van der Waals surface area contributed by atoms with Gasteiger partial charge in [-0.1, -0.05) is 186 Å². The zero-order valence-corrected chi connectivity index (χ0v) is 37.1. The molecule has 0 aliphatic carbocycles. The van der Waals surface area contributed by atoms with Gasteiger partial charge in [-0.3, -0.25) is 9.36 Å². The van der Waals surface area contributed by atoms with Crippen LogP contribution in [0.5, 0.6) is 0 Å². The number of unbranched alkanes of at least 4 members (excludes halogenated alkanes) is 26. The first-order chi connectivity index (χ1) is 26.0. The molecule has 0 radical (unpaired) electrons. The maximum atomic E-state index is 12.8. The maximum Gasteiger partial charge on any atom is 0.268 e. The van der Waals surface area contributed by atoms with Crippen LogP contribution in [0.3, 0.4) is 0 Å². The zero-order valence-electron chi connectivity index (χ0n) is 36.2. The van der Waals surface area contributed by atoms with E-state index in [1.54, 1.807) is 6.08 Å². The van der Waals surface area contributed by atoms with E-state index in [0.29, 0.717) is 17.4 Å². The number of carbonyl (C=O) groups is 1. The number of carbonyl (C=O) groups excluding carboxylic acids is 1. The maximum absolute atomic E-state index is 12.8. The number of hydrogen-bond acceptors (Lipinski definition) is 6. The highest BCUT2D eigenvalue weighted by atomic mass is 31.2. The molecule has 1 amide bonds. The molecule has 0 aliphatic heterocycles. The van der Waals surface area contributed by atoms with Crippen molar-refractivity contribution in [1.29, 1.82) is 0 Å². The lowest BCUT2D eigenvalue weighted by atomic mass is 10.0. The summed E-state index contributed by atoms with van der Waals surface area (Å²) in [6.07, 6.45) is 43.7. The number of phosphoric acid groups is 1. The number of nitrogens with zero attached hydrogens (tertiary/aromatic N) is 1. The molecule has 0 bridgehead atoms. The third-order valence-corrected chi connectivity index (χ3v) is 11.1.